The molecule has 11 heteroatoms. The summed E-state index contributed by atoms with van der Waals surface area (Å²) in [5.74, 6) is 0.00467. The van der Waals surface area contributed by atoms with E-state index in [0.717, 1.165) is 11.3 Å². The molecule has 2 aromatic rings. The Morgan fingerprint density at radius 2 is 1.73 bits per heavy atom. The number of nitrogens with zero attached hydrogens (tertiary/aromatic N) is 4. The number of benzene rings is 2. The molecule has 0 spiro atoms. The van der Waals surface area contributed by atoms with Crippen molar-refractivity contribution >= 4 is 52.5 Å². The van der Waals surface area contributed by atoms with E-state index < -0.39 is 15.9 Å². The summed E-state index contributed by atoms with van der Waals surface area (Å²) in [5.41, 5.74) is 2.45. The minimum Gasteiger partial charge on any atom is -0.445 e. The van der Waals surface area contributed by atoms with Gasteiger partial charge in [-0.1, -0.05) is 77.3 Å². The maximum Gasteiger partial charge on any atom is 0.410 e. The van der Waals surface area contributed by atoms with Gasteiger partial charge in [-0.25, -0.2) is 4.79 Å². The summed E-state index contributed by atoms with van der Waals surface area (Å²) in [6.45, 7) is 2.78. The number of carbonyl (C=O) groups is 2. The van der Waals surface area contributed by atoms with Gasteiger partial charge in [0.25, 0.3) is 0 Å². The van der Waals surface area contributed by atoms with E-state index in [1.807, 2.05) is 53.4 Å². The molecule has 2 fully saturated rings. The van der Waals surface area contributed by atoms with Gasteiger partial charge >= 0.3 is 6.09 Å². The Kier molecular flexibility index (Phi) is 9.04. The number of amides is 2. The van der Waals surface area contributed by atoms with Crippen LogP contribution in [0.2, 0.25) is 0 Å². The van der Waals surface area contributed by atoms with Gasteiger partial charge in [0.15, 0.2) is 0 Å². The van der Waals surface area contributed by atoms with Gasteiger partial charge in [0.1, 0.15) is 12.7 Å². The normalized spacial score (nSPS) is 19.8. The summed E-state index contributed by atoms with van der Waals surface area (Å²) in [7, 11) is 0. The molecule has 0 aromatic heterocycles. The van der Waals surface area contributed by atoms with Gasteiger partial charge in [0, 0.05) is 45.3 Å². The third kappa shape index (κ3) is 7.20. The molecule has 2 saturated heterocycles. The molecule has 2 aromatic carbocycles. The van der Waals surface area contributed by atoms with E-state index in [-0.39, 0.29) is 18.6 Å². The number of para-hydroxylation sites is 1. The lowest BCUT2D eigenvalue weighted by molar-refractivity contribution is -0.133. The Bertz CT molecular complexity index is 1130. The minimum absolute atomic E-state index is 0.00467. The molecule has 0 bridgehead atoms. The molecular formula is C26H28Cl3N5O3. The Labute approximate surface area is 231 Å². The number of nitrogens with one attached hydrogen (secondary N) is 1. The Balaban J connectivity index is 1.37. The van der Waals surface area contributed by atoms with Crippen LogP contribution >= 0.6 is 34.8 Å². The molecule has 0 unspecified atom stereocenters. The van der Waals surface area contributed by atoms with Crippen molar-refractivity contribution in [1.82, 2.24) is 15.1 Å². The third-order valence-corrected chi connectivity index (χ3v) is 6.92. The van der Waals surface area contributed by atoms with Gasteiger partial charge < -0.3 is 19.9 Å². The molecule has 0 aliphatic carbocycles. The highest BCUT2D eigenvalue weighted by Gasteiger charge is 2.38. The maximum absolute atomic E-state index is 13.3. The molecule has 0 saturated carbocycles. The molecule has 1 N–H and O–H groups in total. The summed E-state index contributed by atoms with van der Waals surface area (Å²) >= 11 is 17.3. The molecule has 0 radical (unpaired) electrons. The number of halogens is 3. The number of rotatable bonds is 6. The first-order chi connectivity index (χ1) is 17.7. The van der Waals surface area contributed by atoms with Crippen molar-refractivity contribution in [2.45, 2.75) is 28.8 Å². The second-order valence-electron chi connectivity index (χ2n) is 9.07. The number of piperazine rings is 1. The number of hydrogen-bond acceptors (Lipinski definition) is 6. The first kappa shape index (κ1) is 27.3. The van der Waals surface area contributed by atoms with Gasteiger partial charge in [-0.05, 0) is 24.1 Å². The van der Waals surface area contributed by atoms with Gasteiger partial charge in [0.2, 0.25) is 9.70 Å². The van der Waals surface area contributed by atoms with E-state index in [0.29, 0.717) is 51.3 Å². The standard InChI is InChI=1S/C26H28Cl3N5O3/c27-26(28,29)18-37-25(36)34(17-19-6-2-1-3-7-19)21-14-22(31-16-21)24(35)33-12-10-32(11-13-33)23-9-5-4-8-20(23)15-30/h1-9,21-22,31H,10-14,16-18H2/t21-,22-/m0/s1. The number of nitriles is 1. The van der Waals surface area contributed by atoms with Crippen LogP contribution in [0.3, 0.4) is 0 Å². The largest absolute Gasteiger partial charge is 0.445 e. The van der Waals surface area contributed by atoms with E-state index in [4.69, 9.17) is 39.5 Å². The van der Waals surface area contributed by atoms with E-state index in [1.54, 1.807) is 11.0 Å². The molecule has 2 amide bonds. The fourth-order valence-electron chi connectivity index (χ4n) is 4.72. The van der Waals surface area contributed by atoms with Crippen molar-refractivity contribution in [2.75, 3.05) is 44.2 Å². The van der Waals surface area contributed by atoms with Crippen molar-refractivity contribution in [3.8, 4) is 6.07 Å². The van der Waals surface area contributed by atoms with Crippen LogP contribution in [-0.2, 0) is 16.1 Å². The first-order valence-corrected chi connectivity index (χ1v) is 13.2. The van der Waals surface area contributed by atoms with Crippen molar-refractivity contribution in [2.24, 2.45) is 0 Å². The van der Waals surface area contributed by atoms with Gasteiger partial charge in [-0.3, -0.25) is 9.69 Å². The van der Waals surface area contributed by atoms with E-state index in [9.17, 15) is 14.9 Å². The van der Waals surface area contributed by atoms with E-state index in [2.05, 4.69) is 16.3 Å². The lowest BCUT2D eigenvalue weighted by Gasteiger charge is -2.37. The molecule has 2 aliphatic heterocycles. The molecular weight excluding hydrogens is 537 g/mol. The second kappa shape index (κ2) is 12.2. The molecule has 2 heterocycles. The Morgan fingerprint density at radius 3 is 2.41 bits per heavy atom. The topological polar surface area (TPSA) is 88.9 Å². The van der Waals surface area contributed by atoms with Gasteiger partial charge in [-0.15, -0.1) is 0 Å². The summed E-state index contributed by atoms with van der Waals surface area (Å²) < 4.78 is 3.57. The monoisotopic (exact) mass is 563 g/mol. The van der Waals surface area contributed by atoms with Crippen LogP contribution in [-0.4, -0.2) is 77.0 Å². The fraction of sp³-hybridized carbons (Fsp3) is 0.423. The van der Waals surface area contributed by atoms with Crippen molar-refractivity contribution in [3.05, 3.63) is 65.7 Å². The Morgan fingerprint density at radius 1 is 1.05 bits per heavy atom. The quantitative estimate of drug-likeness (QED) is 0.535. The van der Waals surface area contributed by atoms with Crippen LogP contribution in [0, 0.1) is 11.3 Å². The SMILES string of the molecule is N#Cc1ccccc1N1CCN(C(=O)[C@@H]2C[C@H](N(Cc3ccccc3)C(=O)OCC(Cl)(Cl)Cl)CN2)CC1. The fourth-order valence-corrected chi connectivity index (χ4v) is 4.89. The Hall–Kier alpha value is -2.70. The van der Waals surface area contributed by atoms with E-state index in [1.165, 1.54) is 0 Å². The van der Waals surface area contributed by atoms with Crippen LogP contribution < -0.4 is 10.2 Å². The van der Waals surface area contributed by atoms with Gasteiger partial charge in [-0.2, -0.15) is 5.26 Å². The molecule has 4 rings (SSSR count). The molecule has 37 heavy (non-hydrogen) atoms. The average Bonchev–Trinajstić information content (AvgIpc) is 3.40. The van der Waals surface area contributed by atoms with Crippen LogP contribution in [0.1, 0.15) is 17.5 Å². The number of alkyl halides is 3. The van der Waals surface area contributed by atoms with Crippen molar-refractivity contribution in [3.63, 3.8) is 0 Å². The van der Waals surface area contributed by atoms with Crippen LogP contribution in [0.4, 0.5) is 10.5 Å². The first-order valence-electron chi connectivity index (χ1n) is 12.1. The average molecular weight is 565 g/mol. The zero-order valence-electron chi connectivity index (χ0n) is 20.2. The third-order valence-electron chi connectivity index (χ3n) is 6.59. The lowest BCUT2D eigenvalue weighted by atomic mass is 10.1. The zero-order valence-corrected chi connectivity index (χ0v) is 22.4. The summed E-state index contributed by atoms with van der Waals surface area (Å²) in [6.07, 6.45) is -0.147. The highest BCUT2D eigenvalue weighted by Crippen LogP contribution is 2.27. The minimum atomic E-state index is -1.71. The van der Waals surface area contributed by atoms with E-state index >= 15 is 0 Å². The smallest absolute Gasteiger partial charge is 0.410 e. The molecule has 196 valence electrons. The second-order valence-corrected chi connectivity index (χ2v) is 11.6. The molecule has 8 nitrogen and oxygen atoms in total. The predicted octanol–water partition coefficient (Wildman–Crippen LogP) is 3.95. The number of hydrogen-bond donors (Lipinski definition) is 1. The van der Waals surface area contributed by atoms with Crippen molar-refractivity contribution < 1.29 is 14.3 Å². The number of ether oxygens (including phenoxy) is 1. The number of anilines is 1. The summed E-state index contributed by atoms with van der Waals surface area (Å²) in [4.78, 5) is 31.8. The predicted molar refractivity (Wildman–Crippen MR) is 144 cm³/mol. The van der Waals surface area contributed by atoms with Crippen LogP contribution in [0.5, 0.6) is 0 Å². The lowest BCUT2D eigenvalue weighted by Crippen LogP contribution is -2.53. The van der Waals surface area contributed by atoms with Crippen LogP contribution in [0.15, 0.2) is 54.6 Å². The zero-order chi connectivity index (χ0) is 26.4. The van der Waals surface area contributed by atoms with Crippen molar-refractivity contribution in [1.29, 1.82) is 5.26 Å². The summed E-state index contributed by atoms with van der Waals surface area (Å²) in [6, 6.07) is 18.6. The van der Waals surface area contributed by atoms with Gasteiger partial charge in [0.05, 0.1) is 17.3 Å². The highest BCUT2D eigenvalue weighted by atomic mass is 35.6. The summed E-state index contributed by atoms with van der Waals surface area (Å²) in [5, 5.41) is 12.7. The molecule has 2 aliphatic rings. The highest BCUT2D eigenvalue weighted by molar-refractivity contribution is 6.67. The number of carbonyl (C=O) groups excluding carboxylic acids is 2. The maximum atomic E-state index is 13.3. The molecule has 2 atom stereocenters. The van der Waals surface area contributed by atoms with Crippen LogP contribution in [0.25, 0.3) is 0 Å².